The molecule has 0 bridgehead atoms. The van der Waals surface area contributed by atoms with Crippen LogP contribution in [-0.2, 0) is 13.1 Å². The van der Waals surface area contributed by atoms with Crippen LogP contribution in [0, 0.1) is 11.3 Å². The first-order chi connectivity index (χ1) is 10.3. The normalized spacial score (nSPS) is 12.3. The van der Waals surface area contributed by atoms with Crippen LogP contribution >= 0.6 is 11.3 Å². The minimum absolute atomic E-state index is 0.108. The van der Waals surface area contributed by atoms with E-state index in [2.05, 4.69) is 34.7 Å². The number of rotatable bonds is 7. The molecule has 1 aromatic carbocycles. The van der Waals surface area contributed by atoms with Gasteiger partial charge >= 0.3 is 0 Å². The summed E-state index contributed by atoms with van der Waals surface area (Å²) in [6.07, 6.45) is 0.884. The monoisotopic (exact) mass is 300 g/mol. The second kappa shape index (κ2) is 7.94. The van der Waals surface area contributed by atoms with Crippen LogP contribution in [0.2, 0.25) is 0 Å². The van der Waals surface area contributed by atoms with Crippen molar-refractivity contribution in [2.75, 3.05) is 6.61 Å². The molecule has 1 N–H and O–H groups in total. The second-order valence-electron chi connectivity index (χ2n) is 5.05. The van der Waals surface area contributed by atoms with Gasteiger partial charge in [0.05, 0.1) is 18.2 Å². The van der Waals surface area contributed by atoms with Gasteiger partial charge in [-0.1, -0.05) is 25.1 Å². The molecule has 0 saturated carbocycles. The Labute approximate surface area is 130 Å². The fraction of sp³-hybridized carbons (Fsp3) is 0.353. The van der Waals surface area contributed by atoms with Crippen LogP contribution in [0.15, 0.2) is 41.1 Å². The van der Waals surface area contributed by atoms with E-state index >= 15 is 0 Å². The molecule has 0 aliphatic heterocycles. The van der Waals surface area contributed by atoms with Gasteiger partial charge in [-0.2, -0.15) is 16.6 Å². The molecule has 0 radical (unpaired) electrons. The number of aliphatic hydroxyl groups excluding tert-OH is 1. The van der Waals surface area contributed by atoms with E-state index < -0.39 is 0 Å². The molecule has 0 spiro atoms. The number of thiophene rings is 1. The van der Waals surface area contributed by atoms with E-state index in [4.69, 9.17) is 0 Å². The maximum absolute atomic E-state index is 9.63. The first kappa shape index (κ1) is 15.7. The molecule has 2 aromatic rings. The van der Waals surface area contributed by atoms with Crippen LogP contribution in [0.3, 0.4) is 0 Å². The van der Waals surface area contributed by atoms with Crippen molar-refractivity contribution in [2.45, 2.75) is 32.5 Å². The minimum Gasteiger partial charge on any atom is -0.395 e. The third-order valence-corrected chi connectivity index (χ3v) is 4.41. The lowest BCUT2D eigenvalue weighted by Gasteiger charge is -2.30. The number of nitrogens with zero attached hydrogens (tertiary/aromatic N) is 2. The molecule has 0 aliphatic rings. The lowest BCUT2D eigenvalue weighted by Crippen LogP contribution is -2.36. The average molecular weight is 300 g/mol. The van der Waals surface area contributed by atoms with E-state index in [-0.39, 0.29) is 12.6 Å². The third kappa shape index (κ3) is 4.15. The fourth-order valence-electron chi connectivity index (χ4n) is 2.42. The Hall–Kier alpha value is -1.67. The lowest BCUT2D eigenvalue weighted by atomic mass is 10.1. The van der Waals surface area contributed by atoms with Crippen LogP contribution < -0.4 is 0 Å². The molecule has 2 rings (SSSR count). The molecule has 0 amide bonds. The van der Waals surface area contributed by atoms with E-state index in [0.29, 0.717) is 12.1 Å². The van der Waals surface area contributed by atoms with Crippen LogP contribution in [0.4, 0.5) is 0 Å². The minimum atomic E-state index is 0.108. The van der Waals surface area contributed by atoms with Crippen molar-refractivity contribution in [3.05, 3.63) is 57.8 Å². The Balaban J connectivity index is 2.21. The highest BCUT2D eigenvalue weighted by Crippen LogP contribution is 2.18. The maximum atomic E-state index is 9.63. The summed E-state index contributed by atoms with van der Waals surface area (Å²) in [4.78, 5) is 2.25. The third-order valence-electron chi connectivity index (χ3n) is 3.68. The van der Waals surface area contributed by atoms with Crippen molar-refractivity contribution in [3.8, 4) is 6.07 Å². The average Bonchev–Trinajstić information content (AvgIpc) is 3.02. The van der Waals surface area contributed by atoms with Crippen molar-refractivity contribution in [1.82, 2.24) is 4.90 Å². The van der Waals surface area contributed by atoms with Crippen molar-refractivity contribution in [3.63, 3.8) is 0 Å². The molecule has 0 saturated heterocycles. The molecule has 0 aliphatic carbocycles. The van der Waals surface area contributed by atoms with Crippen molar-refractivity contribution >= 4 is 11.3 Å². The summed E-state index contributed by atoms with van der Waals surface area (Å²) in [6.45, 7) is 3.69. The standard InChI is InChI=1S/C17H20N2OS/c1-2-17(12-20)19(10-14-7-8-21-13-14)11-16-6-4-3-5-15(16)9-18/h3-8,13,17,20H,2,10-12H2,1H3. The molecule has 1 atom stereocenters. The SMILES string of the molecule is CCC(CO)N(Cc1ccsc1)Cc1ccccc1C#N. The van der Waals surface area contributed by atoms with E-state index in [9.17, 15) is 10.4 Å². The van der Waals surface area contributed by atoms with Crippen LogP contribution in [0.1, 0.15) is 30.0 Å². The molecular formula is C17H20N2OS. The summed E-state index contributed by atoms with van der Waals surface area (Å²) in [5, 5.41) is 23.0. The number of hydrogen-bond donors (Lipinski definition) is 1. The number of hydrogen-bond acceptors (Lipinski definition) is 4. The summed E-state index contributed by atoms with van der Waals surface area (Å²) in [5.41, 5.74) is 2.98. The number of nitriles is 1. The molecule has 1 aromatic heterocycles. The molecule has 21 heavy (non-hydrogen) atoms. The van der Waals surface area contributed by atoms with Gasteiger partial charge in [0.2, 0.25) is 0 Å². The first-order valence-electron chi connectivity index (χ1n) is 7.12. The second-order valence-corrected chi connectivity index (χ2v) is 5.83. The van der Waals surface area contributed by atoms with Gasteiger partial charge in [-0.3, -0.25) is 4.90 Å². The van der Waals surface area contributed by atoms with Crippen molar-refractivity contribution < 1.29 is 5.11 Å². The largest absolute Gasteiger partial charge is 0.395 e. The molecule has 1 unspecified atom stereocenters. The predicted molar refractivity (Wildman–Crippen MR) is 85.9 cm³/mol. The van der Waals surface area contributed by atoms with E-state index in [1.165, 1.54) is 5.56 Å². The quantitative estimate of drug-likeness (QED) is 0.852. The number of benzene rings is 1. The zero-order valence-corrected chi connectivity index (χ0v) is 13.0. The van der Waals surface area contributed by atoms with Crippen molar-refractivity contribution in [2.24, 2.45) is 0 Å². The zero-order chi connectivity index (χ0) is 15.1. The topological polar surface area (TPSA) is 47.3 Å². The van der Waals surface area contributed by atoms with Crippen LogP contribution in [0.5, 0.6) is 0 Å². The highest BCUT2D eigenvalue weighted by molar-refractivity contribution is 7.07. The van der Waals surface area contributed by atoms with Gasteiger partial charge in [0.1, 0.15) is 0 Å². The van der Waals surface area contributed by atoms with Gasteiger partial charge in [-0.05, 0) is 40.4 Å². The number of aliphatic hydroxyl groups is 1. The fourth-order valence-corrected chi connectivity index (χ4v) is 3.08. The van der Waals surface area contributed by atoms with Gasteiger partial charge in [0, 0.05) is 19.1 Å². The van der Waals surface area contributed by atoms with Gasteiger partial charge in [-0.15, -0.1) is 0 Å². The van der Waals surface area contributed by atoms with E-state index in [1.807, 2.05) is 24.3 Å². The first-order valence-corrected chi connectivity index (χ1v) is 8.06. The molecule has 3 nitrogen and oxygen atoms in total. The Morgan fingerprint density at radius 3 is 2.71 bits per heavy atom. The molecule has 1 heterocycles. The Morgan fingerprint density at radius 2 is 2.10 bits per heavy atom. The van der Waals surface area contributed by atoms with Gasteiger partial charge in [0.15, 0.2) is 0 Å². The summed E-state index contributed by atoms with van der Waals surface area (Å²) in [7, 11) is 0. The summed E-state index contributed by atoms with van der Waals surface area (Å²) < 4.78 is 0. The maximum Gasteiger partial charge on any atom is 0.0995 e. The molecule has 4 heteroatoms. The molecule has 110 valence electrons. The van der Waals surface area contributed by atoms with E-state index in [1.54, 1.807) is 11.3 Å². The highest BCUT2D eigenvalue weighted by Gasteiger charge is 2.18. The van der Waals surface area contributed by atoms with Gasteiger partial charge < -0.3 is 5.11 Å². The van der Waals surface area contributed by atoms with E-state index in [0.717, 1.165) is 18.5 Å². The Kier molecular flexibility index (Phi) is 5.94. The molecule has 0 fully saturated rings. The van der Waals surface area contributed by atoms with Gasteiger partial charge in [-0.25, -0.2) is 0 Å². The van der Waals surface area contributed by atoms with Crippen LogP contribution in [-0.4, -0.2) is 22.7 Å². The van der Waals surface area contributed by atoms with Crippen molar-refractivity contribution in [1.29, 1.82) is 5.26 Å². The summed E-state index contributed by atoms with van der Waals surface area (Å²) in [6, 6.07) is 12.1. The lowest BCUT2D eigenvalue weighted by molar-refractivity contribution is 0.107. The van der Waals surface area contributed by atoms with Crippen LogP contribution in [0.25, 0.3) is 0 Å². The highest BCUT2D eigenvalue weighted by atomic mass is 32.1. The summed E-state index contributed by atoms with van der Waals surface area (Å²) >= 11 is 1.68. The Morgan fingerprint density at radius 1 is 1.29 bits per heavy atom. The Bertz CT molecular complexity index is 585. The summed E-state index contributed by atoms with van der Waals surface area (Å²) in [5.74, 6) is 0. The molecular weight excluding hydrogens is 280 g/mol. The zero-order valence-electron chi connectivity index (χ0n) is 12.2. The van der Waals surface area contributed by atoms with Gasteiger partial charge in [0.25, 0.3) is 0 Å². The smallest absolute Gasteiger partial charge is 0.0995 e. The predicted octanol–water partition coefficient (Wildman–Crippen LogP) is 3.39.